The molecule has 118 valence electrons. The van der Waals surface area contributed by atoms with Gasteiger partial charge in [0.2, 0.25) is 11.8 Å². The third kappa shape index (κ3) is 4.59. The van der Waals surface area contributed by atoms with Crippen LogP contribution in [0, 0.1) is 12.8 Å². The van der Waals surface area contributed by atoms with Gasteiger partial charge in [0.15, 0.2) is 0 Å². The molecule has 1 atom stereocenters. The first-order chi connectivity index (χ1) is 10.5. The molecule has 2 aromatic rings. The zero-order valence-corrected chi connectivity index (χ0v) is 14.1. The Kier molecular flexibility index (Phi) is 5.60. The van der Waals surface area contributed by atoms with E-state index in [1.165, 1.54) is 11.8 Å². The second-order valence-electron chi connectivity index (χ2n) is 5.64. The monoisotopic (exact) mass is 319 g/mol. The summed E-state index contributed by atoms with van der Waals surface area (Å²) >= 11 is 1.27. The molecular weight excluding hydrogens is 298 g/mol. The highest BCUT2D eigenvalue weighted by atomic mass is 32.2. The summed E-state index contributed by atoms with van der Waals surface area (Å²) in [5.74, 6) is 0.882. The maximum Gasteiger partial charge on any atom is 0.277 e. The van der Waals surface area contributed by atoms with Crippen LogP contribution in [0.4, 0.5) is 0 Å². The van der Waals surface area contributed by atoms with Crippen molar-refractivity contribution in [3.05, 3.63) is 29.8 Å². The van der Waals surface area contributed by atoms with Crippen LogP contribution in [0.2, 0.25) is 0 Å². The van der Waals surface area contributed by atoms with Crippen molar-refractivity contribution in [2.75, 3.05) is 6.54 Å². The number of hydrogen-bond donors (Lipinski definition) is 1. The summed E-state index contributed by atoms with van der Waals surface area (Å²) in [7, 11) is 0. The van der Waals surface area contributed by atoms with Gasteiger partial charge in [0, 0.05) is 12.1 Å². The van der Waals surface area contributed by atoms with Crippen molar-refractivity contribution in [2.24, 2.45) is 5.92 Å². The van der Waals surface area contributed by atoms with Crippen LogP contribution in [0.25, 0.3) is 11.5 Å². The highest BCUT2D eigenvalue weighted by Gasteiger charge is 2.18. The van der Waals surface area contributed by atoms with Gasteiger partial charge in [-0.15, -0.1) is 10.2 Å². The SMILES string of the molecule is Cc1cccc(-c2nnc(S[C@@H](C)C(=O)NCC(C)C)o2)c1. The van der Waals surface area contributed by atoms with Crippen molar-refractivity contribution in [3.63, 3.8) is 0 Å². The number of carbonyl (C=O) groups is 1. The average Bonchev–Trinajstić information content (AvgIpc) is 2.93. The summed E-state index contributed by atoms with van der Waals surface area (Å²) in [5.41, 5.74) is 2.02. The van der Waals surface area contributed by atoms with Crippen molar-refractivity contribution in [2.45, 2.75) is 38.2 Å². The number of amides is 1. The van der Waals surface area contributed by atoms with Gasteiger partial charge in [-0.2, -0.15) is 0 Å². The van der Waals surface area contributed by atoms with Crippen LogP contribution in [0.1, 0.15) is 26.3 Å². The smallest absolute Gasteiger partial charge is 0.277 e. The predicted molar refractivity (Wildman–Crippen MR) is 87.6 cm³/mol. The largest absolute Gasteiger partial charge is 0.411 e. The Morgan fingerprint density at radius 2 is 2.09 bits per heavy atom. The molecule has 22 heavy (non-hydrogen) atoms. The third-order valence-corrected chi connectivity index (χ3v) is 3.94. The lowest BCUT2D eigenvalue weighted by Crippen LogP contribution is -2.33. The number of thioether (sulfide) groups is 1. The third-order valence-electron chi connectivity index (χ3n) is 3.00. The van der Waals surface area contributed by atoms with E-state index in [0.717, 1.165) is 11.1 Å². The van der Waals surface area contributed by atoms with E-state index in [9.17, 15) is 4.79 Å². The van der Waals surface area contributed by atoms with Gasteiger partial charge in [-0.05, 0) is 31.9 Å². The normalized spacial score (nSPS) is 12.4. The molecule has 0 bridgehead atoms. The fourth-order valence-corrected chi connectivity index (χ4v) is 2.51. The Morgan fingerprint density at radius 3 is 2.77 bits per heavy atom. The molecule has 0 saturated heterocycles. The van der Waals surface area contributed by atoms with Gasteiger partial charge in [-0.3, -0.25) is 4.79 Å². The number of rotatable bonds is 6. The van der Waals surface area contributed by atoms with E-state index in [2.05, 4.69) is 29.4 Å². The second kappa shape index (κ2) is 7.45. The van der Waals surface area contributed by atoms with E-state index >= 15 is 0 Å². The zero-order chi connectivity index (χ0) is 16.1. The number of carbonyl (C=O) groups excluding carboxylic acids is 1. The minimum absolute atomic E-state index is 0.0194. The first-order valence-corrected chi connectivity index (χ1v) is 8.18. The van der Waals surface area contributed by atoms with Gasteiger partial charge in [-0.25, -0.2) is 0 Å². The minimum Gasteiger partial charge on any atom is -0.411 e. The van der Waals surface area contributed by atoms with Crippen molar-refractivity contribution in [3.8, 4) is 11.5 Å². The topological polar surface area (TPSA) is 68.0 Å². The molecule has 0 spiro atoms. The van der Waals surface area contributed by atoms with Gasteiger partial charge >= 0.3 is 0 Å². The standard InChI is InChI=1S/C16H21N3O2S/c1-10(2)9-17-14(20)12(4)22-16-19-18-15(21-16)13-7-5-6-11(3)8-13/h5-8,10,12H,9H2,1-4H3,(H,17,20)/t12-/m0/s1. The number of nitrogens with one attached hydrogen (secondary N) is 1. The molecule has 0 aliphatic carbocycles. The second-order valence-corrected chi connectivity index (χ2v) is 6.93. The van der Waals surface area contributed by atoms with E-state index < -0.39 is 0 Å². The molecule has 6 heteroatoms. The highest BCUT2D eigenvalue weighted by Crippen LogP contribution is 2.26. The van der Waals surface area contributed by atoms with Gasteiger partial charge in [0.05, 0.1) is 5.25 Å². The lowest BCUT2D eigenvalue weighted by Gasteiger charge is -2.11. The molecule has 0 saturated carbocycles. The van der Waals surface area contributed by atoms with Gasteiger partial charge < -0.3 is 9.73 Å². The molecule has 1 aromatic carbocycles. The molecular formula is C16H21N3O2S. The molecule has 1 N–H and O–H groups in total. The van der Waals surface area contributed by atoms with E-state index in [1.807, 2.05) is 38.1 Å². The Bertz CT molecular complexity index is 640. The van der Waals surface area contributed by atoms with Crippen LogP contribution in [0.15, 0.2) is 33.9 Å². The van der Waals surface area contributed by atoms with Crippen molar-refractivity contribution in [1.82, 2.24) is 15.5 Å². The lowest BCUT2D eigenvalue weighted by atomic mass is 10.1. The first kappa shape index (κ1) is 16.5. The predicted octanol–water partition coefficient (Wildman–Crippen LogP) is 3.30. The summed E-state index contributed by atoms with van der Waals surface area (Å²) in [4.78, 5) is 12.0. The Labute approximate surface area is 134 Å². The van der Waals surface area contributed by atoms with E-state index in [0.29, 0.717) is 23.6 Å². The summed E-state index contributed by atoms with van der Waals surface area (Å²) in [6.07, 6.45) is 0. The maximum absolute atomic E-state index is 12.0. The van der Waals surface area contributed by atoms with Gasteiger partial charge in [0.1, 0.15) is 0 Å². The lowest BCUT2D eigenvalue weighted by molar-refractivity contribution is -0.120. The van der Waals surface area contributed by atoms with E-state index in [1.54, 1.807) is 0 Å². The van der Waals surface area contributed by atoms with Crippen LogP contribution >= 0.6 is 11.8 Å². The molecule has 1 heterocycles. The van der Waals surface area contributed by atoms with Gasteiger partial charge in [0.25, 0.3) is 5.22 Å². The number of aryl methyl sites for hydroxylation is 1. The fraction of sp³-hybridized carbons (Fsp3) is 0.438. The van der Waals surface area contributed by atoms with E-state index in [4.69, 9.17) is 4.42 Å². The van der Waals surface area contributed by atoms with Crippen LogP contribution < -0.4 is 5.32 Å². The van der Waals surface area contributed by atoms with Crippen LogP contribution in [-0.4, -0.2) is 27.9 Å². The molecule has 1 amide bonds. The summed E-state index contributed by atoms with van der Waals surface area (Å²) in [6.45, 7) is 8.63. The van der Waals surface area contributed by atoms with Crippen molar-refractivity contribution < 1.29 is 9.21 Å². The average molecular weight is 319 g/mol. The molecule has 5 nitrogen and oxygen atoms in total. The van der Waals surface area contributed by atoms with Crippen molar-refractivity contribution >= 4 is 17.7 Å². The molecule has 0 fully saturated rings. The molecule has 0 radical (unpaired) electrons. The number of benzene rings is 1. The van der Waals surface area contributed by atoms with Crippen LogP contribution in [-0.2, 0) is 4.79 Å². The Hall–Kier alpha value is -1.82. The fourth-order valence-electron chi connectivity index (χ4n) is 1.81. The minimum atomic E-state index is -0.274. The number of hydrogen-bond acceptors (Lipinski definition) is 5. The van der Waals surface area contributed by atoms with Gasteiger partial charge in [-0.1, -0.05) is 43.3 Å². The molecule has 0 unspecified atom stereocenters. The highest BCUT2D eigenvalue weighted by molar-refractivity contribution is 8.00. The van der Waals surface area contributed by atoms with Crippen molar-refractivity contribution in [1.29, 1.82) is 0 Å². The molecule has 1 aromatic heterocycles. The summed E-state index contributed by atoms with van der Waals surface area (Å²) in [6, 6.07) is 7.87. The van der Waals surface area contributed by atoms with Crippen LogP contribution in [0.3, 0.4) is 0 Å². The zero-order valence-electron chi connectivity index (χ0n) is 13.3. The first-order valence-electron chi connectivity index (χ1n) is 7.30. The molecule has 0 aliphatic rings. The maximum atomic E-state index is 12.0. The van der Waals surface area contributed by atoms with E-state index in [-0.39, 0.29) is 11.2 Å². The summed E-state index contributed by atoms with van der Waals surface area (Å²) in [5, 5.41) is 11.1. The molecule has 2 rings (SSSR count). The Balaban J connectivity index is 1.98. The quantitative estimate of drug-likeness (QED) is 0.827. The van der Waals surface area contributed by atoms with Crippen LogP contribution in [0.5, 0.6) is 0 Å². The Morgan fingerprint density at radius 1 is 1.32 bits per heavy atom. The number of aromatic nitrogens is 2. The molecule has 0 aliphatic heterocycles. The summed E-state index contributed by atoms with van der Waals surface area (Å²) < 4.78 is 5.63. The number of nitrogens with zero attached hydrogens (tertiary/aromatic N) is 2.